The minimum Gasteiger partial charge on any atom is -0.478 e. The molecule has 0 aromatic heterocycles. The van der Waals surface area contributed by atoms with Crippen LogP contribution in [0.3, 0.4) is 0 Å². The molecule has 108 valence electrons. The summed E-state index contributed by atoms with van der Waals surface area (Å²) in [7, 11) is 2.04. The maximum Gasteiger partial charge on any atom is 0.335 e. The fourth-order valence-electron chi connectivity index (χ4n) is 2.06. The van der Waals surface area contributed by atoms with Crippen LogP contribution in [-0.4, -0.2) is 60.1 Å². The minimum absolute atomic E-state index is 0.0691. The van der Waals surface area contributed by atoms with E-state index in [4.69, 9.17) is 5.11 Å². The van der Waals surface area contributed by atoms with Gasteiger partial charge in [0.1, 0.15) is 0 Å². The van der Waals surface area contributed by atoms with Gasteiger partial charge in [-0.3, -0.25) is 0 Å². The fraction of sp³-hybridized carbons (Fsp3) is 0.429. The van der Waals surface area contributed by atoms with Crippen LogP contribution in [0.15, 0.2) is 24.3 Å². The zero-order valence-electron chi connectivity index (χ0n) is 11.5. The number of urea groups is 1. The normalized spacial score (nSPS) is 15.9. The first kappa shape index (κ1) is 14.3. The van der Waals surface area contributed by atoms with E-state index in [0.29, 0.717) is 6.54 Å². The average Bonchev–Trinajstić information content (AvgIpc) is 2.46. The molecule has 6 nitrogen and oxygen atoms in total. The molecule has 1 aliphatic heterocycles. The predicted octanol–water partition coefficient (Wildman–Crippen LogP) is 0.842. The van der Waals surface area contributed by atoms with Gasteiger partial charge in [0.05, 0.1) is 5.56 Å². The number of carbonyl (C=O) groups is 2. The Morgan fingerprint density at radius 3 is 2.30 bits per heavy atom. The van der Waals surface area contributed by atoms with E-state index in [1.807, 2.05) is 7.05 Å². The largest absolute Gasteiger partial charge is 0.478 e. The Balaban J connectivity index is 1.82. The molecule has 2 N–H and O–H groups in total. The van der Waals surface area contributed by atoms with E-state index >= 15 is 0 Å². The van der Waals surface area contributed by atoms with Gasteiger partial charge >= 0.3 is 12.0 Å². The number of piperazine rings is 1. The molecule has 0 unspecified atom stereocenters. The Hall–Kier alpha value is -2.08. The number of rotatable bonds is 3. The van der Waals surface area contributed by atoms with Gasteiger partial charge in [0.25, 0.3) is 0 Å². The third kappa shape index (κ3) is 3.71. The second kappa shape index (κ2) is 6.38. The van der Waals surface area contributed by atoms with Crippen molar-refractivity contribution in [2.75, 3.05) is 33.2 Å². The first-order valence-electron chi connectivity index (χ1n) is 6.60. The van der Waals surface area contributed by atoms with E-state index in [-0.39, 0.29) is 11.6 Å². The lowest BCUT2D eigenvalue weighted by Crippen LogP contribution is -2.50. The monoisotopic (exact) mass is 277 g/mol. The number of hydrogen-bond acceptors (Lipinski definition) is 3. The topological polar surface area (TPSA) is 72.9 Å². The van der Waals surface area contributed by atoms with Crippen molar-refractivity contribution in [2.24, 2.45) is 0 Å². The number of aromatic carboxylic acids is 1. The van der Waals surface area contributed by atoms with Crippen LogP contribution in [0, 0.1) is 0 Å². The van der Waals surface area contributed by atoms with E-state index in [1.165, 1.54) is 0 Å². The second-order valence-electron chi connectivity index (χ2n) is 4.95. The average molecular weight is 277 g/mol. The molecule has 0 spiro atoms. The fourth-order valence-corrected chi connectivity index (χ4v) is 2.06. The summed E-state index contributed by atoms with van der Waals surface area (Å²) < 4.78 is 0. The Bertz CT molecular complexity index is 479. The lowest BCUT2D eigenvalue weighted by Gasteiger charge is -2.32. The zero-order valence-corrected chi connectivity index (χ0v) is 11.5. The number of nitrogens with zero attached hydrogens (tertiary/aromatic N) is 2. The number of nitrogens with one attached hydrogen (secondary N) is 1. The number of carboxylic acids is 1. The molecule has 1 aromatic rings. The summed E-state index contributed by atoms with van der Waals surface area (Å²) in [6, 6.07) is 6.45. The highest BCUT2D eigenvalue weighted by atomic mass is 16.4. The summed E-state index contributed by atoms with van der Waals surface area (Å²) in [5.74, 6) is -0.946. The van der Waals surface area contributed by atoms with Crippen molar-refractivity contribution in [3.63, 3.8) is 0 Å². The van der Waals surface area contributed by atoms with Crippen molar-refractivity contribution in [2.45, 2.75) is 6.54 Å². The van der Waals surface area contributed by atoms with E-state index in [1.54, 1.807) is 29.2 Å². The van der Waals surface area contributed by atoms with Crippen LogP contribution in [0.25, 0.3) is 0 Å². The molecule has 0 radical (unpaired) electrons. The van der Waals surface area contributed by atoms with Crippen molar-refractivity contribution >= 4 is 12.0 Å². The van der Waals surface area contributed by atoms with Crippen molar-refractivity contribution < 1.29 is 14.7 Å². The molecular formula is C14H19N3O3. The van der Waals surface area contributed by atoms with Crippen LogP contribution in [0.5, 0.6) is 0 Å². The van der Waals surface area contributed by atoms with E-state index in [0.717, 1.165) is 31.7 Å². The summed E-state index contributed by atoms with van der Waals surface area (Å²) in [5, 5.41) is 11.7. The number of carboxylic acid groups (broad SMARTS) is 1. The standard InChI is InChI=1S/C14H19N3O3/c1-16-6-8-17(9-7-16)14(20)15-10-11-2-4-12(5-3-11)13(18)19/h2-5H,6-10H2,1H3,(H,15,20)(H,18,19). The van der Waals surface area contributed by atoms with E-state index in [9.17, 15) is 9.59 Å². The molecule has 6 heteroatoms. The van der Waals surface area contributed by atoms with Crippen LogP contribution in [0.2, 0.25) is 0 Å². The van der Waals surface area contributed by atoms with Crippen LogP contribution >= 0.6 is 0 Å². The molecule has 1 aliphatic rings. The quantitative estimate of drug-likeness (QED) is 0.859. The molecule has 2 rings (SSSR count). The number of hydrogen-bond donors (Lipinski definition) is 2. The summed E-state index contributed by atoms with van der Waals surface area (Å²) >= 11 is 0. The molecule has 0 saturated carbocycles. The highest BCUT2D eigenvalue weighted by Crippen LogP contribution is 2.05. The van der Waals surface area contributed by atoms with Crippen molar-refractivity contribution in [1.29, 1.82) is 0 Å². The van der Waals surface area contributed by atoms with Gasteiger partial charge in [0, 0.05) is 32.7 Å². The Morgan fingerprint density at radius 1 is 1.15 bits per heavy atom. The molecule has 1 fully saturated rings. The van der Waals surface area contributed by atoms with Crippen molar-refractivity contribution in [1.82, 2.24) is 15.1 Å². The lowest BCUT2D eigenvalue weighted by molar-refractivity contribution is 0.0697. The molecule has 0 atom stereocenters. The predicted molar refractivity (Wildman–Crippen MR) is 74.7 cm³/mol. The highest BCUT2D eigenvalue weighted by molar-refractivity contribution is 5.87. The van der Waals surface area contributed by atoms with Gasteiger partial charge < -0.3 is 20.2 Å². The first-order valence-corrected chi connectivity index (χ1v) is 6.60. The van der Waals surface area contributed by atoms with Gasteiger partial charge in [0.15, 0.2) is 0 Å². The smallest absolute Gasteiger partial charge is 0.335 e. The first-order chi connectivity index (χ1) is 9.56. The number of benzene rings is 1. The maximum atomic E-state index is 12.0. The molecule has 1 aromatic carbocycles. The summed E-state index contributed by atoms with van der Waals surface area (Å²) in [6.07, 6.45) is 0. The second-order valence-corrected chi connectivity index (χ2v) is 4.95. The molecule has 20 heavy (non-hydrogen) atoms. The third-order valence-electron chi connectivity index (χ3n) is 3.44. The molecule has 1 saturated heterocycles. The zero-order chi connectivity index (χ0) is 14.5. The van der Waals surface area contributed by atoms with Crippen molar-refractivity contribution in [3.05, 3.63) is 35.4 Å². The Kier molecular flexibility index (Phi) is 4.57. The van der Waals surface area contributed by atoms with Gasteiger partial charge in [0.2, 0.25) is 0 Å². The maximum absolute atomic E-state index is 12.0. The van der Waals surface area contributed by atoms with Gasteiger partial charge in [-0.2, -0.15) is 0 Å². The van der Waals surface area contributed by atoms with Crippen LogP contribution in [0.1, 0.15) is 15.9 Å². The lowest BCUT2D eigenvalue weighted by atomic mass is 10.1. The number of carbonyl (C=O) groups excluding carboxylic acids is 1. The molecular weight excluding hydrogens is 258 g/mol. The van der Waals surface area contributed by atoms with Crippen LogP contribution in [0.4, 0.5) is 4.79 Å². The molecule has 0 bridgehead atoms. The van der Waals surface area contributed by atoms with Crippen LogP contribution < -0.4 is 5.32 Å². The van der Waals surface area contributed by atoms with E-state index in [2.05, 4.69) is 10.2 Å². The van der Waals surface area contributed by atoms with Crippen LogP contribution in [-0.2, 0) is 6.54 Å². The highest BCUT2D eigenvalue weighted by Gasteiger charge is 2.18. The minimum atomic E-state index is -0.946. The van der Waals surface area contributed by atoms with Gasteiger partial charge in [-0.25, -0.2) is 9.59 Å². The summed E-state index contributed by atoms with van der Waals surface area (Å²) in [4.78, 5) is 26.7. The third-order valence-corrected chi connectivity index (χ3v) is 3.44. The SMILES string of the molecule is CN1CCN(C(=O)NCc2ccc(C(=O)O)cc2)CC1. The Labute approximate surface area is 118 Å². The summed E-state index contributed by atoms with van der Waals surface area (Å²) in [6.45, 7) is 3.66. The van der Waals surface area contributed by atoms with Gasteiger partial charge in [-0.1, -0.05) is 12.1 Å². The van der Waals surface area contributed by atoms with Gasteiger partial charge in [-0.05, 0) is 24.7 Å². The molecule has 1 heterocycles. The number of amides is 2. The molecule has 2 amide bonds. The number of likely N-dealkylation sites (N-methyl/N-ethyl adjacent to an activating group) is 1. The van der Waals surface area contributed by atoms with Crippen molar-refractivity contribution in [3.8, 4) is 0 Å². The summed E-state index contributed by atoms with van der Waals surface area (Å²) in [5.41, 5.74) is 1.14. The van der Waals surface area contributed by atoms with Gasteiger partial charge in [-0.15, -0.1) is 0 Å². The molecule has 0 aliphatic carbocycles. The Morgan fingerprint density at radius 2 is 1.75 bits per heavy atom. The van der Waals surface area contributed by atoms with E-state index < -0.39 is 5.97 Å².